The summed E-state index contributed by atoms with van der Waals surface area (Å²) in [6.07, 6.45) is 8.57. The highest BCUT2D eigenvalue weighted by atomic mass is 16.5. The highest BCUT2D eigenvalue weighted by Crippen LogP contribution is 2.39. The fourth-order valence-corrected chi connectivity index (χ4v) is 5.24. The first kappa shape index (κ1) is 18.0. The molecule has 2 aliphatic heterocycles. The van der Waals surface area contributed by atoms with Crippen molar-refractivity contribution in [2.75, 3.05) is 38.2 Å². The Kier molecular flexibility index (Phi) is 5.23. The Bertz CT molecular complexity index is 748. The third-order valence-electron chi connectivity index (χ3n) is 6.66. The molecule has 2 atom stereocenters. The number of nitrogens with zero attached hydrogens (tertiary/aromatic N) is 4. The number of anilines is 1. The minimum Gasteiger partial charge on any atom is -0.381 e. The summed E-state index contributed by atoms with van der Waals surface area (Å²) in [5.74, 6) is 3.40. The minimum atomic E-state index is 0.527. The van der Waals surface area contributed by atoms with Crippen molar-refractivity contribution in [1.29, 1.82) is 0 Å². The molecule has 1 saturated carbocycles. The number of hydrogen-bond donors (Lipinski definition) is 1. The van der Waals surface area contributed by atoms with Crippen molar-refractivity contribution in [3.05, 3.63) is 36.7 Å². The Hall–Kier alpha value is -2.05. The molecule has 1 N–H and O–H groups in total. The van der Waals surface area contributed by atoms with Crippen molar-refractivity contribution in [3.8, 4) is 11.3 Å². The molecule has 1 aliphatic carbocycles. The molecule has 28 heavy (non-hydrogen) atoms. The smallest absolute Gasteiger partial charge is 0.148 e. The summed E-state index contributed by atoms with van der Waals surface area (Å²) in [7, 11) is 0. The molecule has 0 amide bonds. The van der Waals surface area contributed by atoms with Gasteiger partial charge in [-0.05, 0) is 67.7 Å². The van der Waals surface area contributed by atoms with Crippen molar-refractivity contribution < 1.29 is 4.74 Å². The van der Waals surface area contributed by atoms with Crippen LogP contribution in [0.5, 0.6) is 0 Å². The summed E-state index contributed by atoms with van der Waals surface area (Å²) in [5.41, 5.74) is 1.87. The second-order valence-electron chi connectivity index (χ2n) is 8.65. The van der Waals surface area contributed by atoms with Crippen LogP contribution in [-0.2, 0) is 4.74 Å². The number of nitrogens with one attached hydrogen (secondary N) is 1. The predicted octanol–water partition coefficient (Wildman–Crippen LogP) is 3.09. The summed E-state index contributed by atoms with van der Waals surface area (Å²) in [5, 5.41) is 12.4. The topological polar surface area (TPSA) is 63.2 Å². The number of hydrogen-bond acceptors (Lipinski definition) is 6. The maximum Gasteiger partial charge on any atom is 0.148 e. The normalized spacial score (nSPS) is 28.4. The Balaban J connectivity index is 1.12. The van der Waals surface area contributed by atoms with E-state index in [0.717, 1.165) is 48.0 Å². The zero-order chi connectivity index (χ0) is 18.8. The first-order valence-electron chi connectivity index (χ1n) is 10.6. The quantitative estimate of drug-likeness (QED) is 0.861. The molecule has 6 heteroatoms. The van der Waals surface area contributed by atoms with Crippen LogP contribution >= 0.6 is 0 Å². The molecule has 2 aromatic rings. The first-order chi connectivity index (χ1) is 13.8. The van der Waals surface area contributed by atoms with E-state index in [1.807, 2.05) is 30.5 Å². The lowest BCUT2D eigenvalue weighted by Gasteiger charge is -2.27. The molecule has 3 aliphatic rings. The van der Waals surface area contributed by atoms with Gasteiger partial charge in [-0.2, -0.15) is 0 Å². The van der Waals surface area contributed by atoms with Gasteiger partial charge in [0.05, 0.1) is 5.69 Å². The number of fused-ring (bicyclic) bond motifs is 1. The van der Waals surface area contributed by atoms with E-state index >= 15 is 0 Å². The number of likely N-dealkylation sites (tertiary alicyclic amines) is 1. The summed E-state index contributed by atoms with van der Waals surface area (Å²) < 4.78 is 5.50. The average molecular weight is 380 g/mol. The maximum atomic E-state index is 5.50. The Morgan fingerprint density at radius 3 is 2.54 bits per heavy atom. The van der Waals surface area contributed by atoms with E-state index in [1.165, 1.54) is 45.3 Å². The Labute approximate surface area is 166 Å². The van der Waals surface area contributed by atoms with E-state index in [-0.39, 0.29) is 0 Å². The van der Waals surface area contributed by atoms with Gasteiger partial charge in [0.2, 0.25) is 0 Å². The van der Waals surface area contributed by atoms with Crippen LogP contribution in [0.25, 0.3) is 11.3 Å². The molecule has 0 aromatic carbocycles. The zero-order valence-corrected chi connectivity index (χ0v) is 16.3. The minimum absolute atomic E-state index is 0.527. The van der Waals surface area contributed by atoms with Crippen LogP contribution in [0.3, 0.4) is 0 Å². The molecule has 2 unspecified atom stereocenters. The van der Waals surface area contributed by atoms with Crippen molar-refractivity contribution in [1.82, 2.24) is 20.1 Å². The summed E-state index contributed by atoms with van der Waals surface area (Å²) >= 11 is 0. The number of aromatic nitrogens is 3. The van der Waals surface area contributed by atoms with Gasteiger partial charge in [-0.1, -0.05) is 0 Å². The van der Waals surface area contributed by atoms with Gasteiger partial charge in [0, 0.05) is 56.8 Å². The summed E-state index contributed by atoms with van der Waals surface area (Å²) in [6, 6.07) is 8.53. The lowest BCUT2D eigenvalue weighted by atomic mass is 10.00. The third-order valence-corrected chi connectivity index (χ3v) is 6.66. The van der Waals surface area contributed by atoms with E-state index < -0.39 is 0 Å². The van der Waals surface area contributed by atoms with Gasteiger partial charge < -0.3 is 15.0 Å². The van der Waals surface area contributed by atoms with E-state index in [9.17, 15) is 0 Å². The molecule has 0 bridgehead atoms. The summed E-state index contributed by atoms with van der Waals surface area (Å²) in [6.45, 7) is 5.73. The fourth-order valence-electron chi connectivity index (χ4n) is 5.24. The summed E-state index contributed by atoms with van der Waals surface area (Å²) in [4.78, 5) is 6.86. The van der Waals surface area contributed by atoms with E-state index in [0.29, 0.717) is 6.04 Å². The van der Waals surface area contributed by atoms with Crippen molar-refractivity contribution in [2.45, 2.75) is 31.7 Å². The second kappa shape index (κ2) is 8.13. The molecule has 148 valence electrons. The van der Waals surface area contributed by atoms with Crippen LogP contribution in [0, 0.1) is 17.8 Å². The largest absolute Gasteiger partial charge is 0.381 e. The molecular formula is C22H29N5O. The Morgan fingerprint density at radius 1 is 1.04 bits per heavy atom. The molecule has 3 fully saturated rings. The van der Waals surface area contributed by atoms with Crippen LogP contribution in [0.2, 0.25) is 0 Å². The highest BCUT2D eigenvalue weighted by molar-refractivity contribution is 5.58. The van der Waals surface area contributed by atoms with Crippen LogP contribution < -0.4 is 5.32 Å². The molecule has 2 saturated heterocycles. The van der Waals surface area contributed by atoms with E-state index in [4.69, 9.17) is 4.74 Å². The van der Waals surface area contributed by atoms with Crippen molar-refractivity contribution in [2.24, 2.45) is 17.8 Å². The molecule has 5 rings (SSSR count). The standard InChI is InChI=1S/C22H29N5O/c1-2-17(12-23-7-1)21-3-4-22(26-25-21)24-20-10-18-14-27(15-19(18)11-20)13-16-5-8-28-9-6-16/h1-4,7,12,16,18-20H,5-6,8-11,13-15H2,(H,24,26). The van der Waals surface area contributed by atoms with Crippen LogP contribution in [0.15, 0.2) is 36.7 Å². The Morgan fingerprint density at radius 2 is 1.86 bits per heavy atom. The average Bonchev–Trinajstić information content (AvgIpc) is 3.28. The van der Waals surface area contributed by atoms with E-state index in [1.54, 1.807) is 6.20 Å². The van der Waals surface area contributed by atoms with Gasteiger partial charge in [0.15, 0.2) is 0 Å². The number of pyridine rings is 1. The SMILES string of the molecule is c1cncc(-c2ccc(NC3CC4CN(CC5CCOCC5)CC4C3)nn2)c1. The lowest BCUT2D eigenvalue weighted by molar-refractivity contribution is 0.0545. The number of rotatable bonds is 5. The zero-order valence-electron chi connectivity index (χ0n) is 16.3. The van der Waals surface area contributed by atoms with Crippen LogP contribution in [-0.4, -0.2) is 59.0 Å². The van der Waals surface area contributed by atoms with Crippen molar-refractivity contribution >= 4 is 5.82 Å². The van der Waals surface area contributed by atoms with Gasteiger partial charge in [-0.15, -0.1) is 10.2 Å². The fraction of sp³-hybridized carbons (Fsp3) is 0.591. The highest BCUT2D eigenvalue weighted by Gasteiger charge is 2.41. The molecular weight excluding hydrogens is 350 g/mol. The van der Waals surface area contributed by atoms with Gasteiger partial charge >= 0.3 is 0 Å². The predicted molar refractivity (Wildman–Crippen MR) is 109 cm³/mol. The first-order valence-corrected chi connectivity index (χ1v) is 10.6. The van der Waals surface area contributed by atoms with Gasteiger partial charge in [0.25, 0.3) is 0 Å². The molecule has 0 spiro atoms. The molecule has 2 aromatic heterocycles. The lowest BCUT2D eigenvalue weighted by Crippen LogP contribution is -2.32. The molecule has 0 radical (unpaired) electrons. The van der Waals surface area contributed by atoms with Gasteiger partial charge in [-0.25, -0.2) is 0 Å². The van der Waals surface area contributed by atoms with Crippen molar-refractivity contribution in [3.63, 3.8) is 0 Å². The number of ether oxygens (including phenoxy) is 1. The molecule has 6 nitrogen and oxygen atoms in total. The van der Waals surface area contributed by atoms with Gasteiger partial charge in [-0.3, -0.25) is 4.98 Å². The second-order valence-corrected chi connectivity index (χ2v) is 8.65. The van der Waals surface area contributed by atoms with Crippen LogP contribution in [0.4, 0.5) is 5.82 Å². The monoisotopic (exact) mass is 379 g/mol. The third kappa shape index (κ3) is 4.03. The van der Waals surface area contributed by atoms with Gasteiger partial charge in [0.1, 0.15) is 5.82 Å². The maximum absolute atomic E-state index is 5.50. The van der Waals surface area contributed by atoms with E-state index in [2.05, 4.69) is 25.4 Å². The van der Waals surface area contributed by atoms with Crippen LogP contribution in [0.1, 0.15) is 25.7 Å². The molecule has 4 heterocycles.